The normalized spacial score (nSPS) is 18.2. The highest BCUT2D eigenvalue weighted by Crippen LogP contribution is 2.25. The predicted octanol–water partition coefficient (Wildman–Crippen LogP) is 3.35. The smallest absolute Gasteiger partial charge is 0.325 e. The molecular weight excluding hydrogens is 238 g/mol. The van der Waals surface area contributed by atoms with E-state index in [-0.39, 0.29) is 0 Å². The maximum absolute atomic E-state index is 11.6. The van der Waals surface area contributed by atoms with Gasteiger partial charge in [0.25, 0.3) is 0 Å². The molecule has 3 heteroatoms. The first-order chi connectivity index (χ1) is 9.09. The first kappa shape index (κ1) is 14.1. The zero-order chi connectivity index (χ0) is 13.8. The molecule has 1 saturated carbocycles. The monoisotopic (exact) mass is 261 g/mol. The number of nitrogens with one attached hydrogen (secondary N) is 1. The van der Waals surface area contributed by atoms with Crippen LogP contribution >= 0.6 is 0 Å². The van der Waals surface area contributed by atoms with Crippen molar-refractivity contribution in [1.29, 1.82) is 0 Å². The Morgan fingerprint density at radius 3 is 2.58 bits per heavy atom. The molecule has 1 aliphatic rings. The number of carboxylic acid groups (broad SMARTS) is 1. The van der Waals surface area contributed by atoms with Gasteiger partial charge < -0.3 is 5.11 Å². The number of hydrogen-bond donors (Lipinski definition) is 2. The van der Waals surface area contributed by atoms with Crippen molar-refractivity contribution in [3.05, 3.63) is 34.9 Å². The molecule has 1 unspecified atom stereocenters. The van der Waals surface area contributed by atoms with Crippen LogP contribution in [0.2, 0.25) is 0 Å². The van der Waals surface area contributed by atoms with Crippen molar-refractivity contribution in [3.8, 4) is 0 Å². The third-order valence-corrected chi connectivity index (χ3v) is 4.21. The number of aliphatic carboxylic acids is 1. The van der Waals surface area contributed by atoms with Crippen molar-refractivity contribution < 1.29 is 9.90 Å². The summed E-state index contributed by atoms with van der Waals surface area (Å²) in [6.07, 6.45) is 5.87. The Bertz CT molecular complexity index is 450. The van der Waals surface area contributed by atoms with Crippen LogP contribution in [0.5, 0.6) is 0 Å². The summed E-state index contributed by atoms with van der Waals surface area (Å²) >= 11 is 0. The van der Waals surface area contributed by atoms with Crippen LogP contribution in [0.1, 0.15) is 54.8 Å². The summed E-state index contributed by atoms with van der Waals surface area (Å²) in [6.45, 7) is 4.03. The molecule has 1 aromatic rings. The topological polar surface area (TPSA) is 49.3 Å². The van der Waals surface area contributed by atoms with Gasteiger partial charge in [-0.3, -0.25) is 10.1 Å². The quantitative estimate of drug-likeness (QED) is 0.873. The van der Waals surface area contributed by atoms with Gasteiger partial charge in [0.1, 0.15) is 6.04 Å². The zero-order valence-electron chi connectivity index (χ0n) is 11.8. The Morgan fingerprint density at radius 1 is 1.26 bits per heavy atom. The van der Waals surface area contributed by atoms with Gasteiger partial charge in [0, 0.05) is 6.04 Å². The Labute approximate surface area is 115 Å². The lowest BCUT2D eigenvalue weighted by molar-refractivity contribution is -0.140. The fourth-order valence-electron chi connectivity index (χ4n) is 2.89. The van der Waals surface area contributed by atoms with E-state index in [1.807, 2.05) is 32.0 Å². The van der Waals surface area contributed by atoms with Crippen LogP contribution in [0, 0.1) is 13.8 Å². The number of benzene rings is 1. The van der Waals surface area contributed by atoms with E-state index in [4.69, 9.17) is 0 Å². The first-order valence-electron chi connectivity index (χ1n) is 7.14. The molecule has 0 spiro atoms. The minimum Gasteiger partial charge on any atom is -0.480 e. The van der Waals surface area contributed by atoms with Crippen molar-refractivity contribution in [2.45, 2.75) is 58.0 Å². The molecule has 0 aliphatic heterocycles. The summed E-state index contributed by atoms with van der Waals surface area (Å²) in [5, 5.41) is 12.9. The predicted molar refractivity (Wildman–Crippen MR) is 76.3 cm³/mol. The van der Waals surface area contributed by atoms with Gasteiger partial charge in [-0.05, 0) is 43.4 Å². The molecule has 0 aromatic heterocycles. The van der Waals surface area contributed by atoms with Crippen molar-refractivity contribution in [3.63, 3.8) is 0 Å². The minimum atomic E-state index is -0.778. The van der Waals surface area contributed by atoms with Crippen LogP contribution in [-0.2, 0) is 4.79 Å². The molecule has 0 saturated heterocycles. The van der Waals surface area contributed by atoms with Crippen LogP contribution in [-0.4, -0.2) is 17.1 Å². The summed E-state index contributed by atoms with van der Waals surface area (Å²) in [7, 11) is 0. The molecule has 1 aromatic carbocycles. The van der Waals surface area contributed by atoms with Crippen LogP contribution in [0.25, 0.3) is 0 Å². The second-order valence-electron chi connectivity index (χ2n) is 5.56. The van der Waals surface area contributed by atoms with Crippen molar-refractivity contribution >= 4 is 5.97 Å². The number of hydrogen-bond acceptors (Lipinski definition) is 2. The maximum atomic E-state index is 11.6. The molecular formula is C16H23NO2. The Hall–Kier alpha value is -1.35. The number of carboxylic acids is 1. The van der Waals surface area contributed by atoms with Gasteiger partial charge in [-0.15, -0.1) is 0 Å². The highest BCUT2D eigenvalue weighted by molar-refractivity contribution is 5.76. The van der Waals surface area contributed by atoms with Crippen molar-refractivity contribution in [1.82, 2.24) is 5.32 Å². The highest BCUT2D eigenvalue weighted by Gasteiger charge is 2.25. The van der Waals surface area contributed by atoms with E-state index in [1.54, 1.807) is 0 Å². The molecule has 1 fully saturated rings. The summed E-state index contributed by atoms with van der Waals surface area (Å²) in [4.78, 5) is 11.6. The van der Waals surface area contributed by atoms with E-state index in [9.17, 15) is 9.90 Å². The molecule has 1 atom stereocenters. The number of carbonyl (C=O) groups is 1. The molecule has 2 rings (SSSR count). The molecule has 0 bridgehead atoms. The van der Waals surface area contributed by atoms with Gasteiger partial charge in [0.05, 0.1) is 0 Å². The molecule has 0 radical (unpaired) electrons. The number of aryl methyl sites for hydroxylation is 1. The Balaban J connectivity index is 2.19. The summed E-state index contributed by atoms with van der Waals surface area (Å²) in [6, 6.07) is 5.66. The van der Waals surface area contributed by atoms with Gasteiger partial charge in [-0.1, -0.05) is 37.5 Å². The van der Waals surface area contributed by atoms with Gasteiger partial charge in [-0.2, -0.15) is 0 Å². The largest absolute Gasteiger partial charge is 0.480 e. The Kier molecular flexibility index (Phi) is 4.59. The molecule has 0 amide bonds. The standard InChI is InChI=1S/C16H23NO2/c1-11-7-6-10-14(12(11)2)15(16(18)19)17-13-8-4-3-5-9-13/h6-7,10,13,15,17H,3-5,8-9H2,1-2H3,(H,18,19). The maximum Gasteiger partial charge on any atom is 0.325 e. The molecule has 19 heavy (non-hydrogen) atoms. The summed E-state index contributed by atoms with van der Waals surface area (Å²) in [5.41, 5.74) is 3.13. The molecule has 2 N–H and O–H groups in total. The van der Waals surface area contributed by atoms with E-state index < -0.39 is 12.0 Å². The highest BCUT2D eigenvalue weighted by atomic mass is 16.4. The number of rotatable bonds is 4. The van der Waals surface area contributed by atoms with E-state index in [0.717, 1.165) is 29.5 Å². The lowest BCUT2D eigenvalue weighted by atomic mass is 9.92. The van der Waals surface area contributed by atoms with Crippen LogP contribution in [0.15, 0.2) is 18.2 Å². The fourth-order valence-corrected chi connectivity index (χ4v) is 2.89. The zero-order valence-corrected chi connectivity index (χ0v) is 11.8. The lowest BCUT2D eigenvalue weighted by Crippen LogP contribution is -2.38. The second-order valence-corrected chi connectivity index (χ2v) is 5.56. The van der Waals surface area contributed by atoms with Crippen molar-refractivity contribution in [2.75, 3.05) is 0 Å². The van der Waals surface area contributed by atoms with E-state index in [2.05, 4.69) is 5.32 Å². The van der Waals surface area contributed by atoms with Gasteiger partial charge in [0.15, 0.2) is 0 Å². The molecule has 0 heterocycles. The van der Waals surface area contributed by atoms with E-state index >= 15 is 0 Å². The fraction of sp³-hybridized carbons (Fsp3) is 0.562. The first-order valence-corrected chi connectivity index (χ1v) is 7.14. The molecule has 104 valence electrons. The Morgan fingerprint density at radius 2 is 1.95 bits per heavy atom. The van der Waals surface area contributed by atoms with Gasteiger partial charge >= 0.3 is 5.97 Å². The third-order valence-electron chi connectivity index (χ3n) is 4.21. The average Bonchev–Trinajstić information content (AvgIpc) is 2.40. The third kappa shape index (κ3) is 3.35. The molecule has 1 aliphatic carbocycles. The SMILES string of the molecule is Cc1cccc(C(NC2CCCCC2)C(=O)O)c1C. The van der Waals surface area contributed by atoms with Crippen LogP contribution in [0.3, 0.4) is 0 Å². The summed E-state index contributed by atoms with van der Waals surface area (Å²) < 4.78 is 0. The minimum absolute atomic E-state index is 0.342. The lowest BCUT2D eigenvalue weighted by Gasteiger charge is -2.27. The van der Waals surface area contributed by atoms with Crippen molar-refractivity contribution in [2.24, 2.45) is 0 Å². The van der Waals surface area contributed by atoms with E-state index in [0.29, 0.717) is 6.04 Å². The van der Waals surface area contributed by atoms with Crippen LogP contribution < -0.4 is 5.32 Å². The van der Waals surface area contributed by atoms with Crippen LogP contribution in [0.4, 0.5) is 0 Å². The average molecular weight is 261 g/mol. The molecule has 3 nitrogen and oxygen atoms in total. The summed E-state index contributed by atoms with van der Waals surface area (Å²) in [5.74, 6) is -0.778. The van der Waals surface area contributed by atoms with E-state index in [1.165, 1.54) is 19.3 Å². The van der Waals surface area contributed by atoms with Gasteiger partial charge in [0.2, 0.25) is 0 Å². The second kappa shape index (κ2) is 6.20. The van der Waals surface area contributed by atoms with Gasteiger partial charge in [-0.25, -0.2) is 0 Å².